The van der Waals surface area contributed by atoms with Crippen molar-refractivity contribution >= 4 is 34.7 Å². The molecule has 27 heavy (non-hydrogen) atoms. The Hall–Kier alpha value is -2.93. The molecule has 2 aromatic carbocycles. The predicted molar refractivity (Wildman–Crippen MR) is 95.7 cm³/mol. The third-order valence-electron chi connectivity index (χ3n) is 4.14. The fourth-order valence-corrected chi connectivity index (χ4v) is 3.08. The monoisotopic (exact) mass is 390 g/mol. The first-order chi connectivity index (χ1) is 13.0. The fourth-order valence-electron chi connectivity index (χ4n) is 2.90. The summed E-state index contributed by atoms with van der Waals surface area (Å²) < 4.78 is 38.3. The molecule has 0 atom stereocenters. The van der Waals surface area contributed by atoms with E-state index in [1.54, 1.807) is 42.5 Å². The van der Waals surface area contributed by atoms with Crippen LogP contribution in [-0.2, 0) is 16.1 Å². The summed E-state index contributed by atoms with van der Waals surface area (Å²) in [6, 6.07) is 11.6. The maximum atomic E-state index is 13.4. The third kappa shape index (κ3) is 3.38. The van der Waals surface area contributed by atoms with Crippen LogP contribution < -0.4 is 4.74 Å². The van der Waals surface area contributed by atoms with Gasteiger partial charge in [-0.3, -0.25) is 4.57 Å². The van der Waals surface area contributed by atoms with Gasteiger partial charge in [0.05, 0.1) is 16.6 Å². The van der Waals surface area contributed by atoms with Crippen LogP contribution in [0.4, 0.5) is 8.78 Å². The molecule has 0 saturated carbocycles. The lowest BCUT2D eigenvalue weighted by molar-refractivity contribution is -0.141. The first kappa shape index (κ1) is 17.5. The molecule has 0 amide bonds. The van der Waals surface area contributed by atoms with Crippen molar-refractivity contribution in [1.82, 2.24) is 9.55 Å². The summed E-state index contributed by atoms with van der Waals surface area (Å²) in [6.07, 6.45) is 1.61. The number of aromatic nitrogens is 2. The van der Waals surface area contributed by atoms with E-state index in [2.05, 4.69) is 4.98 Å². The van der Waals surface area contributed by atoms with E-state index in [0.29, 0.717) is 21.9 Å². The van der Waals surface area contributed by atoms with E-state index >= 15 is 0 Å². The number of hydrogen-bond donors (Lipinski definition) is 0. The average Bonchev–Trinajstić information content (AvgIpc) is 3.04. The van der Waals surface area contributed by atoms with Crippen molar-refractivity contribution in [3.05, 3.63) is 64.4 Å². The van der Waals surface area contributed by atoms with Gasteiger partial charge in [0, 0.05) is 10.6 Å². The molecule has 0 fully saturated rings. The van der Waals surface area contributed by atoms with Gasteiger partial charge in [-0.05, 0) is 36.4 Å². The number of para-hydroxylation sites is 2. The topological polar surface area (TPSA) is 53.3 Å². The van der Waals surface area contributed by atoms with E-state index in [4.69, 9.17) is 21.1 Å². The summed E-state index contributed by atoms with van der Waals surface area (Å²) in [4.78, 5) is 16.5. The number of fused-ring (bicyclic) bond motifs is 2. The van der Waals surface area contributed by atoms with Crippen LogP contribution in [0.1, 0.15) is 17.9 Å². The number of rotatable bonds is 4. The van der Waals surface area contributed by atoms with Crippen LogP contribution in [0, 0.1) is 0 Å². The van der Waals surface area contributed by atoms with Crippen molar-refractivity contribution in [3.8, 4) is 5.75 Å². The molecule has 0 bridgehead atoms. The number of benzene rings is 2. The van der Waals surface area contributed by atoms with E-state index in [-0.39, 0.29) is 30.1 Å². The number of hydrogen-bond acceptors (Lipinski definition) is 4. The molecule has 0 unspecified atom stereocenters. The van der Waals surface area contributed by atoms with Crippen LogP contribution in [-0.4, -0.2) is 22.1 Å². The normalized spacial score (nSPS) is 13.3. The molecule has 1 aliphatic rings. The average molecular weight is 391 g/mol. The minimum atomic E-state index is -2.79. The van der Waals surface area contributed by atoms with Crippen LogP contribution in [0.2, 0.25) is 5.02 Å². The highest BCUT2D eigenvalue weighted by Crippen LogP contribution is 2.29. The van der Waals surface area contributed by atoms with E-state index in [1.807, 2.05) is 0 Å². The molecule has 0 N–H and O–H groups in total. The Bertz CT molecular complexity index is 1060. The van der Waals surface area contributed by atoms with Gasteiger partial charge in [0.2, 0.25) is 0 Å². The molecule has 5 nitrogen and oxygen atoms in total. The smallest absolute Gasteiger partial charge is 0.337 e. The fraction of sp³-hybridized carbons (Fsp3) is 0.158. The number of imidazole rings is 1. The Kier molecular flexibility index (Phi) is 4.53. The molecule has 138 valence electrons. The van der Waals surface area contributed by atoms with Crippen molar-refractivity contribution in [1.29, 1.82) is 0 Å². The molecule has 0 radical (unpaired) electrons. The Labute approximate surface area is 157 Å². The Balaban J connectivity index is 1.55. The van der Waals surface area contributed by atoms with Gasteiger partial charge < -0.3 is 9.47 Å². The molecule has 0 spiro atoms. The van der Waals surface area contributed by atoms with Crippen molar-refractivity contribution in [3.63, 3.8) is 0 Å². The Morgan fingerprint density at radius 3 is 2.93 bits per heavy atom. The standard InChI is InChI=1S/C19H13ClF2N2O3/c20-13-5-6-16-11(8-13)7-12(9-26-16)18(25)27-10-17-23-14-3-1-2-4-15(14)24(17)19(21)22/h1-8,19H,9-10H2. The molecule has 3 aromatic rings. The predicted octanol–water partition coefficient (Wildman–Crippen LogP) is 4.60. The highest BCUT2D eigenvalue weighted by molar-refractivity contribution is 6.30. The van der Waals surface area contributed by atoms with Gasteiger partial charge >= 0.3 is 12.5 Å². The van der Waals surface area contributed by atoms with Gasteiger partial charge in [0.15, 0.2) is 5.82 Å². The van der Waals surface area contributed by atoms with Crippen LogP contribution in [0.25, 0.3) is 17.1 Å². The van der Waals surface area contributed by atoms with Crippen LogP contribution in [0.15, 0.2) is 48.0 Å². The van der Waals surface area contributed by atoms with Crippen molar-refractivity contribution in [2.45, 2.75) is 13.2 Å². The van der Waals surface area contributed by atoms with E-state index in [9.17, 15) is 13.6 Å². The summed E-state index contributed by atoms with van der Waals surface area (Å²) in [7, 11) is 0. The summed E-state index contributed by atoms with van der Waals surface area (Å²) in [5.74, 6) is -0.0794. The lowest BCUT2D eigenvalue weighted by Gasteiger charge is -2.17. The maximum Gasteiger partial charge on any atom is 0.337 e. The van der Waals surface area contributed by atoms with Crippen molar-refractivity contribution in [2.24, 2.45) is 0 Å². The second-order valence-electron chi connectivity index (χ2n) is 5.88. The highest BCUT2D eigenvalue weighted by Gasteiger charge is 2.22. The minimum absolute atomic E-state index is 0.0265. The molecular formula is C19H13ClF2N2O3. The van der Waals surface area contributed by atoms with Gasteiger partial charge in [0.1, 0.15) is 19.0 Å². The van der Waals surface area contributed by atoms with Gasteiger partial charge in [0.25, 0.3) is 0 Å². The number of ether oxygens (including phenoxy) is 2. The molecule has 0 aliphatic carbocycles. The van der Waals surface area contributed by atoms with E-state index in [0.717, 1.165) is 4.57 Å². The third-order valence-corrected chi connectivity index (χ3v) is 4.38. The van der Waals surface area contributed by atoms with E-state index in [1.165, 1.54) is 6.07 Å². The summed E-state index contributed by atoms with van der Waals surface area (Å²) in [6.45, 7) is -3.14. The zero-order valence-electron chi connectivity index (χ0n) is 13.9. The summed E-state index contributed by atoms with van der Waals surface area (Å²) in [5, 5.41) is 0.508. The maximum absolute atomic E-state index is 13.4. The second-order valence-corrected chi connectivity index (χ2v) is 6.32. The van der Waals surface area contributed by atoms with Gasteiger partial charge in [-0.15, -0.1) is 0 Å². The zero-order valence-corrected chi connectivity index (χ0v) is 14.6. The highest BCUT2D eigenvalue weighted by atomic mass is 35.5. The van der Waals surface area contributed by atoms with Gasteiger partial charge in [-0.25, -0.2) is 9.78 Å². The summed E-state index contributed by atoms with van der Waals surface area (Å²) >= 11 is 5.95. The second kappa shape index (κ2) is 7.00. The molecule has 1 aliphatic heterocycles. The first-order valence-electron chi connectivity index (χ1n) is 8.07. The number of esters is 1. The molecule has 8 heteroatoms. The zero-order chi connectivity index (χ0) is 19.0. The number of nitrogens with zero attached hydrogens (tertiary/aromatic N) is 2. The first-order valence-corrected chi connectivity index (χ1v) is 8.45. The largest absolute Gasteiger partial charge is 0.488 e. The minimum Gasteiger partial charge on any atom is -0.488 e. The van der Waals surface area contributed by atoms with Crippen LogP contribution in [0.5, 0.6) is 5.75 Å². The number of carbonyl (C=O) groups excluding carboxylic acids is 1. The molecule has 2 heterocycles. The van der Waals surface area contributed by atoms with Crippen LogP contribution in [0.3, 0.4) is 0 Å². The number of carbonyl (C=O) groups is 1. The molecular weight excluding hydrogens is 378 g/mol. The van der Waals surface area contributed by atoms with Gasteiger partial charge in [-0.2, -0.15) is 8.78 Å². The van der Waals surface area contributed by atoms with E-state index < -0.39 is 12.5 Å². The van der Waals surface area contributed by atoms with Crippen molar-refractivity contribution < 1.29 is 23.0 Å². The molecule has 1 aromatic heterocycles. The quantitative estimate of drug-likeness (QED) is 0.611. The Morgan fingerprint density at radius 1 is 1.30 bits per heavy atom. The SMILES string of the molecule is O=C(OCc1nc2ccccc2n1C(F)F)C1=Cc2cc(Cl)ccc2OC1. The Morgan fingerprint density at radius 2 is 2.11 bits per heavy atom. The van der Waals surface area contributed by atoms with Gasteiger partial charge in [-0.1, -0.05) is 23.7 Å². The molecule has 0 saturated heterocycles. The number of alkyl halides is 2. The number of halogens is 3. The van der Waals surface area contributed by atoms with Crippen LogP contribution >= 0.6 is 11.6 Å². The lowest BCUT2D eigenvalue weighted by atomic mass is 10.1. The lowest BCUT2D eigenvalue weighted by Crippen LogP contribution is -2.18. The summed E-state index contributed by atoms with van der Waals surface area (Å²) in [5.41, 5.74) is 1.61. The van der Waals surface area contributed by atoms with Crippen molar-refractivity contribution in [2.75, 3.05) is 6.61 Å². The molecule has 4 rings (SSSR count).